The van der Waals surface area contributed by atoms with E-state index in [1.165, 1.54) is 0 Å². The molecule has 2 saturated heterocycles. The van der Waals surface area contributed by atoms with Gasteiger partial charge < -0.3 is 9.64 Å². The molecule has 2 heterocycles. The molecule has 2 fully saturated rings. The lowest BCUT2D eigenvalue weighted by molar-refractivity contribution is 0.0441. The molecule has 3 rings (SSSR count). The van der Waals surface area contributed by atoms with Crippen molar-refractivity contribution in [1.29, 1.82) is 5.26 Å². The highest BCUT2D eigenvalue weighted by atomic mass is 32.2. The predicted octanol–water partition coefficient (Wildman–Crippen LogP) is 1.37. The van der Waals surface area contributed by atoms with E-state index in [4.69, 9.17) is 10.00 Å². The van der Waals surface area contributed by atoms with E-state index in [0.717, 1.165) is 12.8 Å². The van der Waals surface area contributed by atoms with Crippen LogP contribution in [0.3, 0.4) is 0 Å². The first-order chi connectivity index (χ1) is 11.5. The molecule has 0 aromatic heterocycles. The summed E-state index contributed by atoms with van der Waals surface area (Å²) in [5, 5.41) is 8.87. The number of carbonyl (C=O) groups excluding carboxylic acids is 1. The molecular weight excluding hydrogens is 328 g/mol. The fourth-order valence-electron chi connectivity index (χ4n) is 3.28. The molecular formula is C17H20N2O4S. The van der Waals surface area contributed by atoms with Crippen LogP contribution < -0.4 is 0 Å². The third kappa shape index (κ3) is 3.77. The third-order valence-electron chi connectivity index (χ3n) is 4.60. The van der Waals surface area contributed by atoms with Crippen molar-refractivity contribution in [2.24, 2.45) is 0 Å². The van der Waals surface area contributed by atoms with Crippen LogP contribution in [0.25, 0.3) is 0 Å². The number of nitriles is 1. The van der Waals surface area contributed by atoms with E-state index in [9.17, 15) is 13.2 Å². The van der Waals surface area contributed by atoms with E-state index < -0.39 is 9.84 Å². The molecule has 2 atom stereocenters. The number of benzene rings is 1. The van der Waals surface area contributed by atoms with E-state index in [-0.39, 0.29) is 29.6 Å². The van der Waals surface area contributed by atoms with Gasteiger partial charge in [-0.15, -0.1) is 0 Å². The van der Waals surface area contributed by atoms with Crippen LogP contribution in [0.1, 0.15) is 35.2 Å². The predicted molar refractivity (Wildman–Crippen MR) is 88.2 cm³/mol. The van der Waals surface area contributed by atoms with Crippen molar-refractivity contribution in [3.8, 4) is 6.07 Å². The monoisotopic (exact) mass is 348 g/mol. The molecule has 0 radical (unpaired) electrons. The van der Waals surface area contributed by atoms with Gasteiger partial charge in [0.1, 0.15) is 0 Å². The Morgan fingerprint density at radius 3 is 2.58 bits per heavy atom. The number of hydrogen-bond acceptors (Lipinski definition) is 5. The Bertz CT molecular complexity index is 746. The molecule has 2 aliphatic rings. The minimum Gasteiger partial charge on any atom is -0.376 e. The summed E-state index contributed by atoms with van der Waals surface area (Å²) < 4.78 is 29.3. The number of ether oxygens (including phenoxy) is 1. The van der Waals surface area contributed by atoms with Crippen molar-refractivity contribution < 1.29 is 17.9 Å². The van der Waals surface area contributed by atoms with Gasteiger partial charge in [-0.25, -0.2) is 8.42 Å². The zero-order valence-electron chi connectivity index (χ0n) is 13.3. The summed E-state index contributed by atoms with van der Waals surface area (Å²) >= 11 is 0. The van der Waals surface area contributed by atoms with Crippen molar-refractivity contribution in [1.82, 2.24) is 4.90 Å². The zero-order chi connectivity index (χ0) is 17.2. The van der Waals surface area contributed by atoms with Crippen LogP contribution in [0.2, 0.25) is 0 Å². The van der Waals surface area contributed by atoms with Gasteiger partial charge in [-0.3, -0.25) is 4.79 Å². The average molecular weight is 348 g/mol. The number of amides is 1. The van der Waals surface area contributed by atoms with Gasteiger partial charge in [0.05, 0.1) is 29.2 Å². The molecule has 0 aliphatic carbocycles. The van der Waals surface area contributed by atoms with Gasteiger partial charge in [-0.05, 0) is 43.5 Å². The fraction of sp³-hybridized carbons (Fsp3) is 0.529. The second-order valence-electron chi connectivity index (χ2n) is 6.34. The molecule has 0 N–H and O–H groups in total. The summed E-state index contributed by atoms with van der Waals surface area (Å²) in [6.45, 7) is 1.10. The first-order valence-corrected chi connectivity index (χ1v) is 9.94. The molecule has 0 spiro atoms. The molecule has 7 heteroatoms. The van der Waals surface area contributed by atoms with Gasteiger partial charge in [-0.1, -0.05) is 0 Å². The number of hydrogen-bond donors (Lipinski definition) is 0. The highest BCUT2D eigenvalue weighted by Gasteiger charge is 2.36. The van der Waals surface area contributed by atoms with E-state index in [1.54, 1.807) is 29.2 Å². The summed E-state index contributed by atoms with van der Waals surface area (Å²) in [5.74, 6) is -0.0562. The Balaban J connectivity index is 1.82. The summed E-state index contributed by atoms with van der Waals surface area (Å²) in [6, 6.07) is 8.16. The highest BCUT2D eigenvalue weighted by molar-refractivity contribution is 7.91. The molecule has 1 aromatic carbocycles. The van der Waals surface area contributed by atoms with Crippen LogP contribution >= 0.6 is 0 Å². The van der Waals surface area contributed by atoms with Gasteiger partial charge >= 0.3 is 0 Å². The van der Waals surface area contributed by atoms with Gasteiger partial charge in [0.25, 0.3) is 5.91 Å². The topological polar surface area (TPSA) is 87.5 Å². The Kier molecular flexibility index (Phi) is 4.88. The molecule has 0 bridgehead atoms. The van der Waals surface area contributed by atoms with Gasteiger partial charge in [0.2, 0.25) is 0 Å². The Morgan fingerprint density at radius 2 is 2.04 bits per heavy atom. The van der Waals surface area contributed by atoms with Crippen LogP contribution in [-0.4, -0.2) is 56.0 Å². The largest absolute Gasteiger partial charge is 0.376 e. The molecule has 0 saturated carbocycles. The number of rotatable bonds is 4. The normalized spacial score (nSPS) is 25.3. The van der Waals surface area contributed by atoms with Crippen LogP contribution in [0.4, 0.5) is 0 Å². The second kappa shape index (κ2) is 6.91. The molecule has 6 nitrogen and oxygen atoms in total. The summed E-state index contributed by atoms with van der Waals surface area (Å²) in [6.07, 6.45) is 2.29. The SMILES string of the molecule is N#Cc1ccc(C(=O)N(C[C@H]2CCCO2)[C@H]2CCS(=O)(=O)C2)cc1. The molecule has 24 heavy (non-hydrogen) atoms. The maximum absolute atomic E-state index is 12.9. The average Bonchev–Trinajstić information content (AvgIpc) is 3.21. The molecule has 1 amide bonds. The fourth-order valence-corrected chi connectivity index (χ4v) is 5.01. The van der Waals surface area contributed by atoms with Crippen LogP contribution in [0, 0.1) is 11.3 Å². The van der Waals surface area contributed by atoms with E-state index in [1.807, 2.05) is 6.07 Å². The van der Waals surface area contributed by atoms with Crippen molar-refractivity contribution in [3.63, 3.8) is 0 Å². The number of carbonyl (C=O) groups is 1. The smallest absolute Gasteiger partial charge is 0.254 e. The van der Waals surface area contributed by atoms with Crippen LogP contribution in [-0.2, 0) is 14.6 Å². The Morgan fingerprint density at radius 1 is 1.29 bits per heavy atom. The standard InChI is InChI=1S/C17H20N2O4S/c18-10-13-3-5-14(6-4-13)17(20)19(11-16-2-1-8-23-16)15-7-9-24(21,22)12-15/h3-6,15-16H,1-2,7-9,11-12H2/t15-,16+/m0/s1. The quantitative estimate of drug-likeness (QED) is 0.820. The molecule has 2 aliphatic heterocycles. The van der Waals surface area contributed by atoms with Gasteiger partial charge in [0, 0.05) is 24.8 Å². The highest BCUT2D eigenvalue weighted by Crippen LogP contribution is 2.23. The number of sulfone groups is 1. The van der Waals surface area contributed by atoms with Gasteiger partial charge in [0.15, 0.2) is 9.84 Å². The molecule has 1 aromatic rings. The minimum atomic E-state index is -3.08. The lowest BCUT2D eigenvalue weighted by atomic mass is 10.1. The summed E-state index contributed by atoms with van der Waals surface area (Å²) in [5.41, 5.74) is 0.956. The maximum Gasteiger partial charge on any atom is 0.254 e. The van der Waals surface area contributed by atoms with Gasteiger partial charge in [-0.2, -0.15) is 5.26 Å². The van der Waals surface area contributed by atoms with Crippen LogP contribution in [0.15, 0.2) is 24.3 Å². The van der Waals surface area contributed by atoms with E-state index in [0.29, 0.717) is 30.7 Å². The van der Waals surface area contributed by atoms with Crippen molar-refractivity contribution in [2.45, 2.75) is 31.4 Å². The number of nitrogens with zero attached hydrogens (tertiary/aromatic N) is 2. The first-order valence-electron chi connectivity index (χ1n) is 8.12. The lowest BCUT2D eigenvalue weighted by Crippen LogP contribution is -2.45. The third-order valence-corrected chi connectivity index (χ3v) is 6.35. The molecule has 0 unspecified atom stereocenters. The van der Waals surface area contributed by atoms with E-state index >= 15 is 0 Å². The van der Waals surface area contributed by atoms with Crippen molar-refractivity contribution in [2.75, 3.05) is 24.7 Å². The summed E-state index contributed by atoms with van der Waals surface area (Å²) in [4.78, 5) is 14.6. The first kappa shape index (κ1) is 16.9. The Hall–Kier alpha value is -1.91. The second-order valence-corrected chi connectivity index (χ2v) is 8.57. The van der Waals surface area contributed by atoms with Crippen molar-refractivity contribution >= 4 is 15.7 Å². The minimum absolute atomic E-state index is 0.0156. The lowest BCUT2D eigenvalue weighted by Gasteiger charge is -2.30. The van der Waals surface area contributed by atoms with Crippen LogP contribution in [0.5, 0.6) is 0 Å². The maximum atomic E-state index is 12.9. The Labute approximate surface area is 141 Å². The zero-order valence-corrected chi connectivity index (χ0v) is 14.2. The summed E-state index contributed by atoms with van der Waals surface area (Å²) in [7, 11) is -3.08. The molecule has 128 valence electrons. The van der Waals surface area contributed by atoms with E-state index in [2.05, 4.69) is 0 Å². The van der Waals surface area contributed by atoms with Crippen molar-refractivity contribution in [3.05, 3.63) is 35.4 Å².